The van der Waals surface area contributed by atoms with Crippen LogP contribution >= 0.6 is 0 Å². The molecule has 4 heteroatoms. The zero-order chi connectivity index (χ0) is 58.9. The Kier molecular flexibility index (Phi) is 15.6. The number of nitrogens with zero attached hydrogens (tertiary/aromatic N) is 4. The van der Waals surface area contributed by atoms with Crippen molar-refractivity contribution in [3.8, 4) is 22.3 Å². The van der Waals surface area contributed by atoms with Crippen LogP contribution in [-0.4, -0.2) is 0 Å². The third kappa shape index (κ3) is 11.3. The number of para-hydroxylation sites is 8. The van der Waals surface area contributed by atoms with E-state index in [0.717, 1.165) is 68.2 Å². The van der Waals surface area contributed by atoms with E-state index in [4.69, 9.17) is 0 Å². The molecular weight excluding hydrogens is 1060 g/mol. The summed E-state index contributed by atoms with van der Waals surface area (Å²) >= 11 is 0. The topological polar surface area (TPSA) is 13.0 Å². The molecule has 0 aliphatic carbocycles. The van der Waals surface area contributed by atoms with Gasteiger partial charge in [0.05, 0.1) is 11.4 Å². The van der Waals surface area contributed by atoms with Crippen molar-refractivity contribution in [2.24, 2.45) is 0 Å². The lowest BCUT2D eigenvalue weighted by Gasteiger charge is -2.28. The lowest BCUT2D eigenvalue weighted by molar-refractivity contribution is 1.28. The second kappa shape index (κ2) is 25.2. The molecule has 0 aromatic heterocycles. The fraction of sp³-hybridized carbons (Fsp3) is 0. The molecule has 0 saturated carbocycles. The summed E-state index contributed by atoms with van der Waals surface area (Å²) < 4.78 is 0. The smallest absolute Gasteiger partial charge is 0.0540 e. The van der Waals surface area contributed by atoms with Crippen molar-refractivity contribution in [3.63, 3.8) is 0 Å². The van der Waals surface area contributed by atoms with Gasteiger partial charge in [-0.1, -0.05) is 237 Å². The monoisotopic (exact) mass is 1130 g/mol. The molecule has 0 heterocycles. The maximum atomic E-state index is 2.35. The van der Waals surface area contributed by atoms with Crippen LogP contribution in [-0.2, 0) is 0 Å². The van der Waals surface area contributed by atoms with Crippen molar-refractivity contribution < 1.29 is 0 Å². The van der Waals surface area contributed by atoms with Crippen LogP contribution < -0.4 is 19.6 Å². The van der Waals surface area contributed by atoms with E-state index in [1.807, 2.05) is 0 Å². The van der Waals surface area contributed by atoms with Crippen molar-refractivity contribution in [2.75, 3.05) is 19.6 Å². The fourth-order valence-electron chi connectivity index (χ4n) is 12.1. The summed E-state index contributed by atoms with van der Waals surface area (Å²) in [5, 5.41) is 7.28. The first-order valence-corrected chi connectivity index (χ1v) is 30.0. The van der Waals surface area contributed by atoms with E-state index in [1.54, 1.807) is 0 Å². The normalized spacial score (nSPS) is 11.0. The molecule has 15 rings (SSSR count). The van der Waals surface area contributed by atoms with Crippen molar-refractivity contribution in [1.82, 2.24) is 0 Å². The number of hydrogen-bond donors (Lipinski definition) is 0. The number of rotatable bonds is 14. The highest BCUT2D eigenvalue weighted by Gasteiger charge is 2.21. The van der Waals surface area contributed by atoms with Crippen LogP contribution in [0.1, 0.15) is 0 Å². The standard InChI is InChI=1S/C44H32N2.C40H30N2/c1-5-17-33(18-6-1)45(34-19-7-2-8-20-34)43-31-29-39(37-25-13-15-27-41(37)43)40-30-32-44(42-28-16-14-26-38(40)42)46(35-21-9-3-10-22-35)36-23-11-4-12-24-36;1-5-13-35(14-6-1)41(36-15-7-2-8-16-36)39-26-23-31(24-27-39)32-21-22-34-30-40(28-25-33(34)29-32)42(37-17-9-3-10-18-37)38-19-11-4-12-20-38/h1-32H;1-30H. The highest BCUT2D eigenvalue weighted by Crippen LogP contribution is 2.47. The van der Waals surface area contributed by atoms with Crippen molar-refractivity contribution in [2.45, 2.75) is 0 Å². The van der Waals surface area contributed by atoms with Crippen molar-refractivity contribution in [3.05, 3.63) is 376 Å². The van der Waals surface area contributed by atoms with E-state index in [-0.39, 0.29) is 0 Å². The second-order valence-corrected chi connectivity index (χ2v) is 21.7. The van der Waals surface area contributed by atoms with Gasteiger partial charge in [-0.15, -0.1) is 0 Å². The highest BCUT2D eigenvalue weighted by molar-refractivity contribution is 6.13. The van der Waals surface area contributed by atoms with Gasteiger partial charge in [-0.2, -0.15) is 0 Å². The van der Waals surface area contributed by atoms with Gasteiger partial charge >= 0.3 is 0 Å². The molecule has 0 fully saturated rings. The number of anilines is 12. The molecule has 0 atom stereocenters. The predicted octanol–water partition coefficient (Wildman–Crippen LogP) is 24.0. The minimum absolute atomic E-state index is 1.13. The van der Waals surface area contributed by atoms with Crippen LogP contribution in [0.25, 0.3) is 54.6 Å². The Labute approximate surface area is 515 Å². The summed E-state index contributed by atoms with van der Waals surface area (Å²) in [7, 11) is 0. The summed E-state index contributed by atoms with van der Waals surface area (Å²) in [6, 6.07) is 134. The molecule has 0 radical (unpaired) electrons. The third-order valence-corrected chi connectivity index (χ3v) is 16.2. The first-order chi connectivity index (χ1) is 43.7. The lowest BCUT2D eigenvalue weighted by atomic mass is 9.92. The molecule has 4 nitrogen and oxygen atoms in total. The Morgan fingerprint density at radius 1 is 0.148 bits per heavy atom. The molecule has 0 unspecified atom stereocenters. The minimum Gasteiger partial charge on any atom is -0.311 e. The molecule has 0 bridgehead atoms. The van der Waals surface area contributed by atoms with Crippen LogP contribution in [0, 0.1) is 0 Å². The summed E-state index contributed by atoms with van der Waals surface area (Å²) in [6.07, 6.45) is 0. The molecular formula is C84H62N4. The number of benzene rings is 15. The lowest BCUT2D eigenvalue weighted by Crippen LogP contribution is -2.10. The summed E-state index contributed by atoms with van der Waals surface area (Å²) in [5.41, 5.74) is 18.5. The van der Waals surface area contributed by atoms with Gasteiger partial charge in [0.1, 0.15) is 0 Å². The summed E-state index contributed by atoms with van der Waals surface area (Å²) in [5.74, 6) is 0. The Balaban J connectivity index is 0.000000155. The van der Waals surface area contributed by atoms with E-state index in [9.17, 15) is 0 Å². The van der Waals surface area contributed by atoms with Gasteiger partial charge in [0.25, 0.3) is 0 Å². The molecule has 0 spiro atoms. The molecule has 0 aliphatic heterocycles. The minimum atomic E-state index is 1.13. The van der Waals surface area contributed by atoms with E-state index in [0.29, 0.717) is 0 Å². The van der Waals surface area contributed by atoms with Gasteiger partial charge in [-0.05, 0) is 183 Å². The average molecular weight is 1130 g/mol. The van der Waals surface area contributed by atoms with Gasteiger partial charge < -0.3 is 19.6 Å². The van der Waals surface area contributed by atoms with Gasteiger partial charge in [0, 0.05) is 67.6 Å². The van der Waals surface area contributed by atoms with Crippen LogP contribution in [0.15, 0.2) is 376 Å². The molecule has 0 aliphatic rings. The largest absolute Gasteiger partial charge is 0.311 e. The molecule has 15 aromatic rings. The van der Waals surface area contributed by atoms with Crippen molar-refractivity contribution >= 4 is 101 Å². The molecule has 418 valence electrons. The van der Waals surface area contributed by atoms with E-state index in [2.05, 4.69) is 396 Å². The molecule has 88 heavy (non-hydrogen) atoms. The van der Waals surface area contributed by atoms with Crippen molar-refractivity contribution in [1.29, 1.82) is 0 Å². The van der Waals surface area contributed by atoms with Crippen LogP contribution in [0.3, 0.4) is 0 Å². The molecule has 15 aromatic carbocycles. The van der Waals surface area contributed by atoms with E-state index >= 15 is 0 Å². The van der Waals surface area contributed by atoms with E-state index < -0.39 is 0 Å². The number of fused-ring (bicyclic) bond motifs is 3. The molecule has 0 N–H and O–H groups in total. The fourth-order valence-corrected chi connectivity index (χ4v) is 12.1. The highest BCUT2D eigenvalue weighted by atomic mass is 15.2. The van der Waals surface area contributed by atoms with Crippen LogP contribution in [0.4, 0.5) is 68.2 Å². The quantitative estimate of drug-likeness (QED) is 0.108. The Morgan fingerprint density at radius 3 is 0.750 bits per heavy atom. The predicted molar refractivity (Wildman–Crippen MR) is 375 cm³/mol. The van der Waals surface area contributed by atoms with Crippen LogP contribution in [0.2, 0.25) is 0 Å². The first kappa shape index (κ1) is 54.2. The third-order valence-electron chi connectivity index (χ3n) is 16.2. The summed E-state index contributed by atoms with van der Waals surface area (Å²) in [4.78, 5) is 9.30. The number of hydrogen-bond acceptors (Lipinski definition) is 4. The summed E-state index contributed by atoms with van der Waals surface area (Å²) in [6.45, 7) is 0. The van der Waals surface area contributed by atoms with Gasteiger partial charge in [0.2, 0.25) is 0 Å². The van der Waals surface area contributed by atoms with Gasteiger partial charge in [-0.25, -0.2) is 0 Å². The maximum absolute atomic E-state index is 2.35. The second-order valence-electron chi connectivity index (χ2n) is 21.7. The Morgan fingerprint density at radius 2 is 0.398 bits per heavy atom. The van der Waals surface area contributed by atoms with E-state index in [1.165, 1.54) is 54.6 Å². The van der Waals surface area contributed by atoms with Crippen LogP contribution in [0.5, 0.6) is 0 Å². The Bertz CT molecular complexity index is 4440. The average Bonchev–Trinajstić information content (AvgIpc) is 1.72. The zero-order valence-electron chi connectivity index (χ0n) is 48.6. The molecule has 0 saturated heterocycles. The molecule has 0 amide bonds. The maximum Gasteiger partial charge on any atom is 0.0540 e. The van der Waals surface area contributed by atoms with Gasteiger partial charge in [-0.3, -0.25) is 0 Å². The van der Waals surface area contributed by atoms with Gasteiger partial charge in [0.15, 0.2) is 0 Å². The Hall–Kier alpha value is -11.7. The first-order valence-electron chi connectivity index (χ1n) is 30.0. The SMILES string of the molecule is c1ccc(N(c2ccccc2)c2ccc(-c3ccc(N(c4ccccc4)c4ccccc4)c4ccccc34)c3ccccc23)cc1.c1ccc(N(c2ccccc2)c2ccc(-c3ccc4cc(N(c5ccccc5)c5ccccc5)ccc4c3)cc2)cc1. The zero-order valence-corrected chi connectivity index (χ0v) is 48.6.